The van der Waals surface area contributed by atoms with Crippen molar-refractivity contribution < 1.29 is 8.78 Å². The minimum Gasteiger partial charge on any atom is -0.359 e. The monoisotopic (exact) mass is 273 g/mol. The Morgan fingerprint density at radius 3 is 2.75 bits per heavy atom. The lowest BCUT2D eigenvalue weighted by atomic mass is 10.1. The zero-order chi connectivity index (χ0) is 14.5. The molecule has 7 nitrogen and oxygen atoms in total. The van der Waals surface area contributed by atoms with Crippen LogP contribution in [0.2, 0.25) is 0 Å². The van der Waals surface area contributed by atoms with Crippen LogP contribution in [-0.4, -0.2) is 20.6 Å². The number of nitrogens with zero attached hydrogens (tertiary/aromatic N) is 5. The standard InChI is InChI=1S/C11H5F2N7/c12-8-1-2-9(7(4-15)10(8)13)16-5-6(3-14)11-17-19-20-18-11/h1-2,5,16H,(H,17,18,19,20). The number of rotatable bonds is 3. The molecule has 1 aromatic heterocycles. The Balaban J connectivity index is 2.34. The zero-order valence-electron chi connectivity index (χ0n) is 9.72. The second-order valence-electron chi connectivity index (χ2n) is 3.45. The van der Waals surface area contributed by atoms with E-state index in [2.05, 4.69) is 25.9 Å². The van der Waals surface area contributed by atoms with E-state index >= 15 is 0 Å². The molecule has 0 saturated heterocycles. The predicted octanol–water partition coefficient (Wildman–Crippen LogP) is 1.33. The first-order valence-corrected chi connectivity index (χ1v) is 5.16. The van der Waals surface area contributed by atoms with Crippen molar-refractivity contribution in [1.82, 2.24) is 20.6 Å². The van der Waals surface area contributed by atoms with Gasteiger partial charge in [0.05, 0.1) is 5.69 Å². The maximum atomic E-state index is 13.4. The molecule has 0 aliphatic heterocycles. The summed E-state index contributed by atoms with van der Waals surface area (Å²) in [5, 5.41) is 32.9. The minimum atomic E-state index is -1.26. The highest BCUT2D eigenvalue weighted by molar-refractivity contribution is 5.74. The first kappa shape index (κ1) is 13.1. The van der Waals surface area contributed by atoms with E-state index in [0.29, 0.717) is 0 Å². The third-order valence-electron chi connectivity index (χ3n) is 2.29. The van der Waals surface area contributed by atoms with Gasteiger partial charge in [-0.1, -0.05) is 0 Å². The number of aromatic amines is 1. The third-order valence-corrected chi connectivity index (χ3v) is 2.29. The van der Waals surface area contributed by atoms with Gasteiger partial charge in [0, 0.05) is 6.20 Å². The van der Waals surface area contributed by atoms with Crippen LogP contribution >= 0.6 is 0 Å². The minimum absolute atomic E-state index is 0.00683. The average Bonchev–Trinajstić information content (AvgIpc) is 2.97. The molecule has 1 aromatic carbocycles. The fraction of sp³-hybridized carbons (Fsp3) is 0. The second kappa shape index (κ2) is 5.54. The van der Waals surface area contributed by atoms with Gasteiger partial charge in [-0.15, -0.1) is 10.2 Å². The number of nitriles is 2. The maximum Gasteiger partial charge on any atom is 0.216 e. The van der Waals surface area contributed by atoms with Crippen LogP contribution in [-0.2, 0) is 0 Å². The van der Waals surface area contributed by atoms with Crippen LogP contribution in [0.4, 0.5) is 14.5 Å². The lowest BCUT2D eigenvalue weighted by Crippen LogP contribution is -1.99. The van der Waals surface area contributed by atoms with Gasteiger partial charge in [-0.05, 0) is 17.3 Å². The van der Waals surface area contributed by atoms with Gasteiger partial charge in [0.1, 0.15) is 23.3 Å². The fourth-order valence-corrected chi connectivity index (χ4v) is 1.35. The molecule has 0 atom stereocenters. The SMILES string of the molecule is N#CC(=CNc1ccc(F)c(F)c1C#N)c1nn[nH]n1. The number of hydrogen-bond donors (Lipinski definition) is 2. The topological polar surface area (TPSA) is 114 Å². The van der Waals surface area contributed by atoms with E-state index in [1.54, 1.807) is 12.1 Å². The quantitative estimate of drug-likeness (QED) is 0.815. The van der Waals surface area contributed by atoms with Gasteiger partial charge in [-0.25, -0.2) is 8.78 Å². The molecule has 0 amide bonds. The number of benzene rings is 1. The Morgan fingerprint density at radius 2 is 2.15 bits per heavy atom. The highest BCUT2D eigenvalue weighted by Gasteiger charge is 2.13. The number of halogens is 2. The lowest BCUT2D eigenvalue weighted by molar-refractivity contribution is 0.507. The van der Waals surface area contributed by atoms with Gasteiger partial charge >= 0.3 is 0 Å². The molecule has 0 fully saturated rings. The third kappa shape index (κ3) is 2.42. The van der Waals surface area contributed by atoms with E-state index in [4.69, 9.17) is 10.5 Å². The summed E-state index contributed by atoms with van der Waals surface area (Å²) in [5.41, 5.74) is -0.471. The summed E-state index contributed by atoms with van der Waals surface area (Å²) in [6, 6.07) is 5.39. The summed E-state index contributed by atoms with van der Waals surface area (Å²) in [6.07, 6.45) is 1.17. The molecule has 1 heterocycles. The molecule has 2 N–H and O–H groups in total. The molecular weight excluding hydrogens is 268 g/mol. The molecule has 0 aliphatic carbocycles. The van der Waals surface area contributed by atoms with E-state index in [1.165, 1.54) is 12.3 Å². The number of tetrazole rings is 1. The summed E-state index contributed by atoms with van der Waals surface area (Å²) in [6.45, 7) is 0. The van der Waals surface area contributed by atoms with Crippen molar-refractivity contribution in [3.63, 3.8) is 0 Å². The van der Waals surface area contributed by atoms with Crippen LogP contribution in [0.3, 0.4) is 0 Å². The Labute approximate surface area is 111 Å². The summed E-state index contributed by atoms with van der Waals surface area (Å²) in [7, 11) is 0. The van der Waals surface area contributed by atoms with E-state index in [0.717, 1.165) is 6.07 Å². The Kier molecular flexibility index (Phi) is 3.63. The average molecular weight is 273 g/mol. The molecule has 0 aliphatic rings. The van der Waals surface area contributed by atoms with Crippen molar-refractivity contribution in [1.29, 1.82) is 10.5 Å². The van der Waals surface area contributed by atoms with Crippen LogP contribution in [0.5, 0.6) is 0 Å². The van der Waals surface area contributed by atoms with Crippen molar-refractivity contribution in [2.75, 3.05) is 5.32 Å². The first-order chi connectivity index (χ1) is 9.67. The van der Waals surface area contributed by atoms with Crippen molar-refractivity contribution in [3.8, 4) is 12.1 Å². The van der Waals surface area contributed by atoms with Crippen molar-refractivity contribution in [3.05, 3.63) is 41.4 Å². The highest BCUT2D eigenvalue weighted by Crippen LogP contribution is 2.21. The van der Waals surface area contributed by atoms with Gasteiger partial charge in [0.25, 0.3) is 0 Å². The van der Waals surface area contributed by atoms with Crippen molar-refractivity contribution >= 4 is 11.3 Å². The molecule has 2 rings (SSSR count). The summed E-state index contributed by atoms with van der Waals surface area (Å²) < 4.78 is 26.4. The van der Waals surface area contributed by atoms with Gasteiger partial charge < -0.3 is 5.32 Å². The molecular formula is C11H5F2N7. The number of hydrogen-bond acceptors (Lipinski definition) is 6. The maximum absolute atomic E-state index is 13.4. The molecule has 0 unspecified atom stereocenters. The second-order valence-corrected chi connectivity index (χ2v) is 3.45. The molecule has 20 heavy (non-hydrogen) atoms. The Morgan fingerprint density at radius 1 is 1.35 bits per heavy atom. The molecule has 0 saturated carbocycles. The predicted molar refractivity (Wildman–Crippen MR) is 62.5 cm³/mol. The van der Waals surface area contributed by atoms with Crippen molar-refractivity contribution in [2.45, 2.75) is 0 Å². The van der Waals surface area contributed by atoms with E-state index in [-0.39, 0.29) is 17.1 Å². The van der Waals surface area contributed by atoms with Gasteiger partial charge in [-0.2, -0.15) is 15.7 Å². The number of nitrogens with one attached hydrogen (secondary N) is 2. The number of H-pyrrole nitrogens is 1. The molecule has 0 spiro atoms. The van der Waals surface area contributed by atoms with Crippen LogP contribution in [0.25, 0.3) is 5.57 Å². The number of anilines is 1. The molecule has 9 heteroatoms. The zero-order valence-corrected chi connectivity index (χ0v) is 9.72. The first-order valence-electron chi connectivity index (χ1n) is 5.16. The largest absolute Gasteiger partial charge is 0.359 e. The summed E-state index contributed by atoms with van der Waals surface area (Å²) in [5.74, 6) is -2.36. The van der Waals surface area contributed by atoms with Crippen LogP contribution < -0.4 is 5.32 Å². The Bertz CT molecular complexity index is 737. The number of aromatic nitrogens is 4. The highest BCUT2D eigenvalue weighted by atomic mass is 19.2. The Hall–Kier alpha value is -3.33. The van der Waals surface area contributed by atoms with Gasteiger partial charge in [-0.3, -0.25) is 0 Å². The van der Waals surface area contributed by atoms with Crippen LogP contribution in [0.1, 0.15) is 11.4 Å². The van der Waals surface area contributed by atoms with E-state index in [1.807, 2.05) is 0 Å². The van der Waals surface area contributed by atoms with Gasteiger partial charge in [0.2, 0.25) is 5.82 Å². The molecule has 0 bridgehead atoms. The number of allylic oxidation sites excluding steroid dienone is 1. The normalized spacial score (nSPS) is 10.7. The van der Waals surface area contributed by atoms with Crippen LogP contribution in [0.15, 0.2) is 18.3 Å². The molecule has 0 radical (unpaired) electrons. The van der Waals surface area contributed by atoms with E-state index < -0.39 is 17.2 Å². The fourth-order valence-electron chi connectivity index (χ4n) is 1.35. The molecule has 98 valence electrons. The summed E-state index contributed by atoms with van der Waals surface area (Å²) >= 11 is 0. The van der Waals surface area contributed by atoms with Crippen molar-refractivity contribution in [2.24, 2.45) is 0 Å². The van der Waals surface area contributed by atoms with Gasteiger partial charge in [0.15, 0.2) is 11.6 Å². The smallest absolute Gasteiger partial charge is 0.216 e. The van der Waals surface area contributed by atoms with E-state index in [9.17, 15) is 8.78 Å². The lowest BCUT2D eigenvalue weighted by Gasteiger charge is -2.05. The van der Waals surface area contributed by atoms with Crippen LogP contribution in [0, 0.1) is 34.3 Å². The molecule has 2 aromatic rings. The summed E-state index contributed by atoms with van der Waals surface area (Å²) in [4.78, 5) is 0.